The topological polar surface area (TPSA) is 234 Å². The maximum Gasteiger partial charge on any atom is 0.138 e. The highest BCUT2D eigenvalue weighted by atomic mass is 35.5. The van der Waals surface area contributed by atoms with Crippen LogP contribution in [0.2, 0.25) is 20.1 Å². The zero-order valence-corrected chi connectivity index (χ0v) is 61.2. The number of methoxy groups -OCH3 is 3. The van der Waals surface area contributed by atoms with Crippen molar-refractivity contribution >= 4 is 92.3 Å². The molecule has 8 heterocycles. The van der Waals surface area contributed by atoms with Gasteiger partial charge in [-0.25, -0.2) is 19.9 Å². The number of aliphatic hydroxyl groups excluding tert-OH is 1. The summed E-state index contributed by atoms with van der Waals surface area (Å²) in [5.41, 5.74) is 44.7. The number of nitrogens with zero attached hydrogens (tertiary/aromatic N) is 12. The number of halogens is 4. The van der Waals surface area contributed by atoms with Gasteiger partial charge in [0, 0.05) is 180 Å². The molecule has 12 aromatic rings. The van der Waals surface area contributed by atoms with Crippen molar-refractivity contribution in [1.82, 2.24) is 37.5 Å². The maximum absolute atomic E-state index is 9.17. The molecule has 0 saturated heterocycles. The predicted molar refractivity (Wildman–Crippen MR) is 409 cm³/mol. The first kappa shape index (κ1) is 74.9. The number of anilines is 4. The number of hydrogen-bond acceptors (Lipinski definition) is 16. The third-order valence-corrected chi connectivity index (χ3v) is 18.5. The van der Waals surface area contributed by atoms with Crippen LogP contribution >= 0.6 is 46.4 Å². The molecule has 0 aliphatic carbocycles. The van der Waals surface area contributed by atoms with E-state index in [0.717, 1.165) is 148 Å². The van der Waals surface area contributed by atoms with E-state index in [0.29, 0.717) is 62.6 Å². The van der Waals surface area contributed by atoms with Gasteiger partial charge in [0.25, 0.3) is 0 Å². The summed E-state index contributed by atoms with van der Waals surface area (Å²) in [6, 6.07) is 32.1. The Labute approximate surface area is 599 Å². The van der Waals surface area contributed by atoms with Crippen LogP contribution in [0, 0.1) is 27.7 Å². The summed E-state index contributed by atoms with van der Waals surface area (Å²) in [6.45, 7) is 15.0. The van der Waals surface area contributed by atoms with Gasteiger partial charge >= 0.3 is 0 Å². The molecular formula is C75H90Cl4N16O4. The standard InChI is InChI=1S/C20H26N4O.2C19H23ClN4O.C17H18Cl2N4O/c1-14-5-6-17(15(2)9-14)18-13-24-19(10-16(18)11-21)22-12-20(24)23(3)7-8-25-4;1-13-8-15(20)4-5-16(13)17-12-24-18(9-14(17)10-21)22-11-19(24)23(2)6-7-25-3;1-13-4-5-15(17(20)8-13)16-12-24-18(9-14(16)10-21)22-11-19(24)23(2)6-7-25-3;1-22(4-5-24)17-9-21-16-6-11(8-20)14(10-23(16)17)13-3-2-12(18)7-15(13)19/h5-6,9-10,12-13H,7-8,11,21H2,1-4H3;2*4-5,8-9,11-12H,6-7,10,21H2,1-3H3;2-3,6-7,9-10,24H,4-5,8,20H2,1H3. The lowest BCUT2D eigenvalue weighted by Gasteiger charge is -2.19. The Balaban J connectivity index is 0.000000154. The van der Waals surface area contributed by atoms with E-state index in [2.05, 4.69) is 131 Å². The average Bonchev–Trinajstić information content (AvgIpc) is 1.75. The van der Waals surface area contributed by atoms with E-state index in [-0.39, 0.29) is 6.61 Å². The number of benzene rings is 4. The van der Waals surface area contributed by atoms with Gasteiger partial charge < -0.3 is 61.9 Å². The van der Waals surface area contributed by atoms with Gasteiger partial charge in [-0.15, -0.1) is 0 Å². The second-order valence-electron chi connectivity index (χ2n) is 24.3. The highest BCUT2D eigenvalue weighted by Gasteiger charge is 2.20. The van der Waals surface area contributed by atoms with Crippen molar-refractivity contribution in [3.8, 4) is 44.5 Å². The zero-order chi connectivity index (χ0) is 71.2. The van der Waals surface area contributed by atoms with Crippen LogP contribution in [0.25, 0.3) is 67.1 Å². The number of likely N-dealkylation sites (N-methyl/N-ethyl adjacent to an activating group) is 4. The summed E-state index contributed by atoms with van der Waals surface area (Å²) >= 11 is 25.0. The van der Waals surface area contributed by atoms with Gasteiger partial charge in [0.2, 0.25) is 0 Å². The number of aliphatic hydroxyl groups is 1. The minimum Gasteiger partial charge on any atom is -0.395 e. The molecule has 0 aliphatic heterocycles. The molecule has 4 aromatic carbocycles. The Bertz CT molecular complexity index is 4370. The van der Waals surface area contributed by atoms with Gasteiger partial charge in [-0.05, 0) is 132 Å². The van der Waals surface area contributed by atoms with E-state index in [1.165, 1.54) is 16.7 Å². The number of fused-ring (bicyclic) bond motifs is 4. The van der Waals surface area contributed by atoms with E-state index < -0.39 is 0 Å². The van der Waals surface area contributed by atoms with Gasteiger partial charge in [0.15, 0.2) is 0 Å². The van der Waals surface area contributed by atoms with Crippen molar-refractivity contribution in [2.45, 2.75) is 53.9 Å². The summed E-state index contributed by atoms with van der Waals surface area (Å²) in [5.74, 6) is 3.94. The zero-order valence-electron chi connectivity index (χ0n) is 58.2. The first-order valence-corrected chi connectivity index (χ1v) is 34.0. The van der Waals surface area contributed by atoms with Crippen LogP contribution in [0.3, 0.4) is 0 Å². The molecule has 99 heavy (non-hydrogen) atoms. The van der Waals surface area contributed by atoms with E-state index in [1.807, 2.05) is 111 Å². The highest BCUT2D eigenvalue weighted by Crippen LogP contribution is 2.37. The molecule has 24 heteroatoms. The van der Waals surface area contributed by atoms with Crippen molar-refractivity contribution in [3.05, 3.63) is 211 Å². The SMILES string of the molecule is CN(CCO)c1cnc2cc(CN)c(-c3ccc(Cl)cc3Cl)cn12.COCCN(C)c1cnc2cc(CN)c(-c3ccc(C)cc3C)cn12.COCCN(C)c1cnc2cc(CN)c(-c3ccc(C)cc3Cl)cn12.COCCN(C)c1cnc2cc(CN)c(-c3ccc(Cl)cc3C)cn12. The Morgan fingerprint density at radius 2 is 0.667 bits per heavy atom. The van der Waals surface area contributed by atoms with Crippen LogP contribution in [-0.2, 0) is 40.4 Å². The molecular weight excluding hydrogens is 1330 g/mol. The summed E-state index contributed by atoms with van der Waals surface area (Å²) < 4.78 is 23.8. The average molecular weight is 1420 g/mol. The van der Waals surface area contributed by atoms with Crippen molar-refractivity contribution in [2.75, 3.05) is 122 Å². The van der Waals surface area contributed by atoms with Crippen LogP contribution in [0.5, 0.6) is 0 Å². The Morgan fingerprint density at radius 1 is 0.374 bits per heavy atom. The number of rotatable bonds is 23. The van der Waals surface area contributed by atoms with Gasteiger partial charge in [0.1, 0.15) is 45.9 Å². The van der Waals surface area contributed by atoms with E-state index >= 15 is 0 Å². The Hall–Kier alpha value is -8.32. The van der Waals surface area contributed by atoms with Crippen molar-refractivity contribution in [1.29, 1.82) is 0 Å². The van der Waals surface area contributed by atoms with E-state index in [4.69, 9.17) is 88.7 Å². The minimum atomic E-state index is 0.0699. The van der Waals surface area contributed by atoms with Crippen molar-refractivity contribution in [3.63, 3.8) is 0 Å². The molecule has 0 bridgehead atoms. The fourth-order valence-corrected chi connectivity index (χ4v) is 12.9. The van der Waals surface area contributed by atoms with Gasteiger partial charge in [-0.3, -0.25) is 17.6 Å². The summed E-state index contributed by atoms with van der Waals surface area (Å²) in [4.78, 5) is 26.4. The fourth-order valence-electron chi connectivity index (χ4n) is 11.9. The van der Waals surface area contributed by atoms with Gasteiger partial charge in [0.05, 0.1) is 51.2 Å². The van der Waals surface area contributed by atoms with Crippen molar-refractivity contribution < 1.29 is 19.3 Å². The Kier molecular flexibility index (Phi) is 26.2. The van der Waals surface area contributed by atoms with Crippen LogP contribution in [0.15, 0.2) is 147 Å². The molecule has 0 atom stereocenters. The predicted octanol–water partition coefficient (Wildman–Crippen LogP) is 13.4. The molecule has 0 radical (unpaired) electrons. The molecule has 0 aliphatic rings. The smallest absolute Gasteiger partial charge is 0.138 e. The lowest BCUT2D eigenvalue weighted by Crippen LogP contribution is -2.23. The van der Waals surface area contributed by atoms with E-state index in [1.54, 1.807) is 39.7 Å². The second kappa shape index (κ2) is 34.6. The number of aryl methyl sites for hydroxylation is 4. The number of nitrogens with two attached hydrogens (primary N) is 4. The number of pyridine rings is 4. The molecule has 0 amide bonds. The van der Waals surface area contributed by atoms with Crippen molar-refractivity contribution in [2.24, 2.45) is 22.9 Å². The number of ether oxygens (including phenoxy) is 3. The van der Waals surface area contributed by atoms with Gasteiger partial charge in [-0.2, -0.15) is 0 Å². The fraction of sp³-hybridized carbons (Fsp3) is 0.307. The molecule has 20 nitrogen and oxygen atoms in total. The molecule has 0 unspecified atom stereocenters. The first-order valence-electron chi connectivity index (χ1n) is 32.5. The largest absolute Gasteiger partial charge is 0.395 e. The number of hydrogen-bond donors (Lipinski definition) is 5. The summed E-state index contributed by atoms with van der Waals surface area (Å²) in [6.07, 6.45) is 15.7. The molecule has 0 fully saturated rings. The Morgan fingerprint density at radius 3 is 0.980 bits per heavy atom. The lowest BCUT2D eigenvalue weighted by atomic mass is 9.96. The number of imidazole rings is 4. The molecule has 9 N–H and O–H groups in total. The van der Waals surface area contributed by atoms with Crippen LogP contribution in [0.4, 0.5) is 23.3 Å². The van der Waals surface area contributed by atoms with Crippen LogP contribution in [-0.4, -0.2) is 145 Å². The summed E-state index contributed by atoms with van der Waals surface area (Å²) in [7, 11) is 13.1. The second-order valence-corrected chi connectivity index (χ2v) is 26.0. The van der Waals surface area contributed by atoms with Crippen LogP contribution in [0.1, 0.15) is 44.5 Å². The van der Waals surface area contributed by atoms with E-state index in [9.17, 15) is 0 Å². The van der Waals surface area contributed by atoms with Gasteiger partial charge in [-0.1, -0.05) is 94.4 Å². The summed E-state index contributed by atoms with van der Waals surface area (Å²) in [5, 5.41) is 11.8. The normalized spacial score (nSPS) is 11.2. The third kappa shape index (κ3) is 17.5. The first-order chi connectivity index (χ1) is 47.7. The lowest BCUT2D eigenvalue weighted by molar-refractivity contribution is 0.206. The molecule has 12 rings (SSSR count). The molecule has 0 spiro atoms. The molecule has 0 saturated carbocycles. The maximum atomic E-state index is 9.17. The quantitative estimate of drug-likeness (QED) is 0.0400. The minimum absolute atomic E-state index is 0.0699. The van der Waals surface area contributed by atoms with Crippen LogP contribution < -0.4 is 42.5 Å². The molecule has 8 aromatic heterocycles. The third-order valence-electron chi connectivity index (χ3n) is 17.4. The molecule has 522 valence electrons. The monoisotopic (exact) mass is 1420 g/mol. The highest BCUT2D eigenvalue weighted by molar-refractivity contribution is 6.36. The number of aromatic nitrogens is 8.